The average molecular weight is 355 g/mol. The Balaban J connectivity index is 1.96. The number of nitrogens with zero attached hydrogens (tertiary/aromatic N) is 2. The number of fused-ring (bicyclic) bond motifs is 1. The molecule has 2 atom stereocenters. The van der Waals surface area contributed by atoms with E-state index in [2.05, 4.69) is 32.4 Å². The van der Waals surface area contributed by atoms with Crippen LogP contribution < -0.4 is 0 Å². The van der Waals surface area contributed by atoms with Crippen molar-refractivity contribution in [3.05, 3.63) is 22.7 Å². The fourth-order valence-electron chi connectivity index (χ4n) is 2.38. The number of imidazole rings is 1. The third kappa shape index (κ3) is 2.86. The molecule has 2 aromatic rings. The van der Waals surface area contributed by atoms with Crippen molar-refractivity contribution in [3.8, 4) is 0 Å². The largest absolute Gasteiger partial charge is 0.481 e. The predicted octanol–water partition coefficient (Wildman–Crippen LogP) is 3.63. The standard InChI is InChI=1S/C14H15BrN2O2S/c1-8-4-9(8)6-17-12-3-2-10(15)5-11(12)16-14(17)20-7-13(18)19/h2-3,5,8-9H,4,6-7H2,1H3,(H,18,19). The van der Waals surface area contributed by atoms with E-state index in [-0.39, 0.29) is 5.75 Å². The molecule has 1 aromatic heterocycles. The second-order valence-corrected chi connectivity index (χ2v) is 7.15. The minimum absolute atomic E-state index is 0.0463. The van der Waals surface area contributed by atoms with E-state index in [4.69, 9.17) is 5.11 Å². The maximum absolute atomic E-state index is 10.8. The molecule has 1 N–H and O–H groups in total. The highest BCUT2D eigenvalue weighted by Crippen LogP contribution is 2.40. The number of aliphatic carboxylic acids is 1. The monoisotopic (exact) mass is 354 g/mol. The summed E-state index contributed by atoms with van der Waals surface area (Å²) in [6.07, 6.45) is 1.25. The van der Waals surface area contributed by atoms with Crippen LogP contribution in [0, 0.1) is 11.8 Å². The molecule has 0 bridgehead atoms. The Morgan fingerprint density at radius 3 is 3.00 bits per heavy atom. The summed E-state index contributed by atoms with van der Waals surface area (Å²) in [5.74, 6) is 0.695. The molecule has 0 saturated heterocycles. The highest BCUT2D eigenvalue weighted by atomic mass is 79.9. The van der Waals surface area contributed by atoms with E-state index in [1.54, 1.807) is 0 Å². The zero-order valence-corrected chi connectivity index (χ0v) is 13.4. The molecular formula is C14H15BrN2O2S. The SMILES string of the molecule is CC1CC1Cn1c(SCC(=O)O)nc2cc(Br)ccc21. The van der Waals surface area contributed by atoms with Crippen LogP contribution in [0.25, 0.3) is 11.0 Å². The Bertz CT molecular complexity index is 670. The number of rotatable bonds is 5. The minimum atomic E-state index is -0.811. The van der Waals surface area contributed by atoms with E-state index in [9.17, 15) is 4.79 Å². The van der Waals surface area contributed by atoms with E-state index in [0.29, 0.717) is 5.92 Å². The zero-order chi connectivity index (χ0) is 14.3. The van der Waals surface area contributed by atoms with E-state index < -0.39 is 5.97 Å². The van der Waals surface area contributed by atoms with Gasteiger partial charge in [0.2, 0.25) is 0 Å². The van der Waals surface area contributed by atoms with Gasteiger partial charge in [0, 0.05) is 11.0 Å². The van der Waals surface area contributed by atoms with E-state index in [1.165, 1.54) is 18.2 Å². The van der Waals surface area contributed by atoms with Crippen LogP contribution in [0.3, 0.4) is 0 Å². The van der Waals surface area contributed by atoms with Gasteiger partial charge in [-0.15, -0.1) is 0 Å². The molecule has 1 aromatic carbocycles. The van der Waals surface area contributed by atoms with Gasteiger partial charge in [-0.25, -0.2) is 4.98 Å². The summed E-state index contributed by atoms with van der Waals surface area (Å²) in [6.45, 7) is 3.19. The Labute approximate surface area is 129 Å². The average Bonchev–Trinajstić information content (AvgIpc) is 2.96. The summed E-state index contributed by atoms with van der Waals surface area (Å²) >= 11 is 4.75. The number of carboxylic acids is 1. The lowest BCUT2D eigenvalue weighted by molar-refractivity contribution is -0.133. The van der Waals surface area contributed by atoms with Gasteiger partial charge in [-0.2, -0.15) is 0 Å². The van der Waals surface area contributed by atoms with Crippen LogP contribution in [0.1, 0.15) is 13.3 Å². The van der Waals surface area contributed by atoms with Crippen LogP contribution in [0.15, 0.2) is 27.8 Å². The number of halogens is 1. The first-order valence-corrected chi connectivity index (χ1v) is 8.33. The highest BCUT2D eigenvalue weighted by molar-refractivity contribution is 9.10. The normalized spacial score (nSPS) is 21.3. The maximum Gasteiger partial charge on any atom is 0.313 e. The van der Waals surface area contributed by atoms with Gasteiger partial charge in [0.05, 0.1) is 16.8 Å². The Morgan fingerprint density at radius 2 is 2.35 bits per heavy atom. The van der Waals surface area contributed by atoms with Crippen molar-refractivity contribution in [2.24, 2.45) is 11.8 Å². The topological polar surface area (TPSA) is 55.1 Å². The summed E-state index contributed by atoms with van der Waals surface area (Å²) < 4.78 is 3.16. The van der Waals surface area contributed by atoms with Crippen LogP contribution in [0.5, 0.6) is 0 Å². The van der Waals surface area contributed by atoms with Crippen molar-refractivity contribution in [1.82, 2.24) is 9.55 Å². The number of aromatic nitrogens is 2. The number of thioether (sulfide) groups is 1. The van der Waals surface area contributed by atoms with Crippen molar-refractivity contribution < 1.29 is 9.90 Å². The molecule has 0 radical (unpaired) electrons. The quantitative estimate of drug-likeness (QED) is 0.833. The van der Waals surface area contributed by atoms with Crippen molar-refractivity contribution >= 4 is 44.7 Å². The minimum Gasteiger partial charge on any atom is -0.481 e. The Kier molecular flexibility index (Phi) is 3.77. The van der Waals surface area contributed by atoms with Crippen molar-refractivity contribution in [1.29, 1.82) is 0 Å². The summed E-state index contributed by atoms with van der Waals surface area (Å²) in [6, 6.07) is 6.03. The fourth-order valence-corrected chi connectivity index (χ4v) is 3.47. The molecule has 106 valence electrons. The van der Waals surface area contributed by atoms with E-state index >= 15 is 0 Å². The van der Waals surface area contributed by atoms with Gasteiger partial charge in [0.1, 0.15) is 0 Å². The third-order valence-corrected chi connectivity index (χ3v) is 5.15. The van der Waals surface area contributed by atoms with Crippen LogP contribution >= 0.6 is 27.7 Å². The second kappa shape index (κ2) is 5.41. The Hall–Kier alpha value is -1.01. The summed E-state index contributed by atoms with van der Waals surface area (Å²) in [5, 5.41) is 9.66. The van der Waals surface area contributed by atoms with Crippen molar-refractivity contribution in [3.63, 3.8) is 0 Å². The first-order valence-electron chi connectivity index (χ1n) is 6.55. The number of benzene rings is 1. The van der Waals surface area contributed by atoms with Crippen molar-refractivity contribution in [2.45, 2.75) is 25.0 Å². The van der Waals surface area contributed by atoms with Gasteiger partial charge < -0.3 is 9.67 Å². The van der Waals surface area contributed by atoms with Gasteiger partial charge in [-0.1, -0.05) is 34.6 Å². The predicted molar refractivity (Wildman–Crippen MR) is 83.1 cm³/mol. The lowest BCUT2D eigenvalue weighted by atomic mass is 10.3. The highest BCUT2D eigenvalue weighted by Gasteiger charge is 2.33. The smallest absolute Gasteiger partial charge is 0.313 e. The number of hydrogen-bond donors (Lipinski definition) is 1. The molecule has 1 aliphatic carbocycles. The molecule has 0 spiro atoms. The van der Waals surface area contributed by atoms with E-state index in [1.807, 2.05) is 18.2 Å². The molecule has 4 nitrogen and oxygen atoms in total. The first kappa shape index (κ1) is 13.9. The van der Waals surface area contributed by atoms with Gasteiger partial charge in [-0.3, -0.25) is 4.79 Å². The van der Waals surface area contributed by atoms with E-state index in [0.717, 1.165) is 33.1 Å². The Morgan fingerprint density at radius 1 is 1.60 bits per heavy atom. The van der Waals surface area contributed by atoms with Gasteiger partial charge in [0.15, 0.2) is 5.16 Å². The molecule has 1 heterocycles. The molecular weight excluding hydrogens is 340 g/mol. The molecule has 2 unspecified atom stereocenters. The summed E-state index contributed by atoms with van der Waals surface area (Å²) in [7, 11) is 0. The molecule has 0 amide bonds. The lowest BCUT2D eigenvalue weighted by Crippen LogP contribution is -2.05. The molecule has 0 aliphatic heterocycles. The molecule has 1 fully saturated rings. The lowest BCUT2D eigenvalue weighted by Gasteiger charge is -2.07. The number of hydrogen-bond acceptors (Lipinski definition) is 3. The van der Waals surface area contributed by atoms with Gasteiger partial charge in [-0.05, 0) is 36.5 Å². The number of carboxylic acid groups (broad SMARTS) is 1. The molecule has 20 heavy (non-hydrogen) atoms. The second-order valence-electron chi connectivity index (χ2n) is 5.29. The van der Waals surface area contributed by atoms with Crippen molar-refractivity contribution in [2.75, 3.05) is 5.75 Å². The zero-order valence-electron chi connectivity index (χ0n) is 11.0. The molecule has 1 aliphatic rings. The third-order valence-electron chi connectivity index (χ3n) is 3.69. The van der Waals surface area contributed by atoms with Crippen LogP contribution in [0.4, 0.5) is 0 Å². The van der Waals surface area contributed by atoms with Crippen LogP contribution in [-0.2, 0) is 11.3 Å². The van der Waals surface area contributed by atoms with Gasteiger partial charge in [0.25, 0.3) is 0 Å². The fraction of sp³-hybridized carbons (Fsp3) is 0.429. The van der Waals surface area contributed by atoms with Crippen LogP contribution in [-0.4, -0.2) is 26.4 Å². The summed E-state index contributed by atoms with van der Waals surface area (Å²) in [4.78, 5) is 15.4. The maximum atomic E-state index is 10.8. The summed E-state index contributed by atoms with van der Waals surface area (Å²) in [5.41, 5.74) is 2.00. The molecule has 1 saturated carbocycles. The number of carbonyl (C=O) groups is 1. The molecule has 6 heteroatoms. The first-order chi connectivity index (χ1) is 9.54. The van der Waals surface area contributed by atoms with Crippen LogP contribution in [0.2, 0.25) is 0 Å². The van der Waals surface area contributed by atoms with Gasteiger partial charge >= 0.3 is 5.97 Å². The molecule has 3 rings (SSSR count).